The summed E-state index contributed by atoms with van der Waals surface area (Å²) in [6.07, 6.45) is 3.84. The summed E-state index contributed by atoms with van der Waals surface area (Å²) in [7, 11) is 0. The van der Waals surface area contributed by atoms with E-state index >= 15 is 0 Å². The smallest absolute Gasteiger partial charge is 0.374 e. The second-order valence-electron chi connectivity index (χ2n) is 6.19. The van der Waals surface area contributed by atoms with Crippen LogP contribution in [0, 0.1) is 0 Å². The topological polar surface area (TPSA) is 115 Å². The lowest BCUT2D eigenvalue weighted by molar-refractivity contribution is -0.123. The van der Waals surface area contributed by atoms with Gasteiger partial charge in [0.05, 0.1) is 5.39 Å². The Hall–Kier alpha value is -2.87. The molecule has 0 saturated heterocycles. The minimum Gasteiger partial charge on any atom is -0.450 e. The van der Waals surface area contributed by atoms with Gasteiger partial charge in [-0.1, -0.05) is 24.4 Å². The first-order valence-corrected chi connectivity index (χ1v) is 8.81. The standard InChI is InChI=1S/C18H17ClN2O6/c19-10-5-6-14-12(7-10)13(22)8-15(27-14)17(24)26-9-16(23)21-18(25)20-11-3-1-2-4-11/h5-8,11H,1-4,9H2,(H2,20,21,23,25). The first kappa shape index (κ1) is 18.9. The van der Waals surface area contributed by atoms with Crippen LogP contribution < -0.4 is 16.1 Å². The number of hydrogen-bond donors (Lipinski definition) is 2. The van der Waals surface area contributed by atoms with E-state index in [9.17, 15) is 19.2 Å². The molecule has 3 amide bonds. The van der Waals surface area contributed by atoms with Gasteiger partial charge in [-0.05, 0) is 31.0 Å². The highest BCUT2D eigenvalue weighted by atomic mass is 35.5. The third kappa shape index (κ3) is 4.85. The molecule has 0 spiro atoms. The Kier molecular flexibility index (Phi) is 5.75. The van der Waals surface area contributed by atoms with Gasteiger partial charge in [0, 0.05) is 17.1 Å². The Bertz CT molecular complexity index is 949. The molecule has 1 aliphatic carbocycles. The molecule has 1 fully saturated rings. The fraction of sp³-hybridized carbons (Fsp3) is 0.333. The van der Waals surface area contributed by atoms with Crippen molar-refractivity contribution >= 4 is 40.5 Å². The van der Waals surface area contributed by atoms with E-state index < -0.39 is 29.9 Å². The molecule has 1 saturated carbocycles. The summed E-state index contributed by atoms with van der Waals surface area (Å²) < 4.78 is 10.1. The van der Waals surface area contributed by atoms with Crippen molar-refractivity contribution in [1.29, 1.82) is 0 Å². The number of esters is 1. The zero-order valence-corrected chi connectivity index (χ0v) is 15.0. The van der Waals surface area contributed by atoms with Crippen molar-refractivity contribution in [2.24, 2.45) is 0 Å². The number of rotatable bonds is 4. The van der Waals surface area contributed by atoms with E-state index in [4.69, 9.17) is 20.8 Å². The zero-order valence-electron chi connectivity index (χ0n) is 14.2. The molecule has 142 valence electrons. The van der Waals surface area contributed by atoms with Gasteiger partial charge in [-0.3, -0.25) is 14.9 Å². The van der Waals surface area contributed by atoms with Crippen LogP contribution >= 0.6 is 11.6 Å². The zero-order chi connectivity index (χ0) is 19.4. The molecule has 9 heteroatoms. The molecule has 0 unspecified atom stereocenters. The van der Waals surface area contributed by atoms with E-state index in [2.05, 4.69) is 10.6 Å². The molecular weight excluding hydrogens is 376 g/mol. The summed E-state index contributed by atoms with van der Waals surface area (Å²) in [6.45, 7) is -0.681. The number of hydrogen-bond acceptors (Lipinski definition) is 6. The third-order valence-electron chi connectivity index (χ3n) is 4.17. The minimum atomic E-state index is -0.990. The number of nitrogens with one attached hydrogen (secondary N) is 2. The van der Waals surface area contributed by atoms with Crippen molar-refractivity contribution < 1.29 is 23.5 Å². The van der Waals surface area contributed by atoms with Gasteiger partial charge in [0.2, 0.25) is 5.76 Å². The average molecular weight is 393 g/mol. The van der Waals surface area contributed by atoms with E-state index in [-0.39, 0.29) is 22.8 Å². The van der Waals surface area contributed by atoms with Gasteiger partial charge in [-0.2, -0.15) is 0 Å². The van der Waals surface area contributed by atoms with Crippen molar-refractivity contribution in [3.63, 3.8) is 0 Å². The lowest BCUT2D eigenvalue weighted by Crippen LogP contribution is -2.45. The van der Waals surface area contributed by atoms with Gasteiger partial charge >= 0.3 is 12.0 Å². The lowest BCUT2D eigenvalue weighted by Gasteiger charge is -2.12. The largest absolute Gasteiger partial charge is 0.450 e. The molecule has 1 heterocycles. The highest BCUT2D eigenvalue weighted by Gasteiger charge is 2.20. The van der Waals surface area contributed by atoms with Crippen molar-refractivity contribution in [2.45, 2.75) is 31.7 Å². The number of halogens is 1. The van der Waals surface area contributed by atoms with Crippen LogP contribution in [0.25, 0.3) is 11.0 Å². The second-order valence-corrected chi connectivity index (χ2v) is 6.63. The molecule has 1 aliphatic rings. The molecule has 0 bridgehead atoms. The van der Waals surface area contributed by atoms with Crippen molar-refractivity contribution in [2.75, 3.05) is 6.61 Å². The molecule has 0 aliphatic heterocycles. The first-order chi connectivity index (χ1) is 12.9. The van der Waals surface area contributed by atoms with Crippen LogP contribution in [0.5, 0.6) is 0 Å². The normalized spacial score (nSPS) is 14.1. The van der Waals surface area contributed by atoms with E-state index in [1.807, 2.05) is 0 Å². The predicted octanol–water partition coefficient (Wildman–Crippen LogP) is 2.37. The summed E-state index contributed by atoms with van der Waals surface area (Å²) in [5.41, 5.74) is -0.301. The van der Waals surface area contributed by atoms with Gasteiger partial charge in [0.1, 0.15) is 5.58 Å². The quantitative estimate of drug-likeness (QED) is 0.772. The summed E-state index contributed by atoms with van der Waals surface area (Å²) in [5.74, 6) is -2.12. The molecule has 1 aromatic carbocycles. The lowest BCUT2D eigenvalue weighted by atomic mass is 10.2. The number of urea groups is 1. The fourth-order valence-corrected chi connectivity index (χ4v) is 3.06. The van der Waals surface area contributed by atoms with Crippen LogP contribution in [0.15, 0.2) is 33.5 Å². The van der Waals surface area contributed by atoms with Crippen molar-refractivity contribution in [1.82, 2.24) is 10.6 Å². The van der Waals surface area contributed by atoms with Crippen LogP contribution in [0.4, 0.5) is 4.79 Å². The van der Waals surface area contributed by atoms with E-state index in [1.54, 1.807) is 0 Å². The molecule has 8 nitrogen and oxygen atoms in total. The highest BCUT2D eigenvalue weighted by Crippen LogP contribution is 2.18. The van der Waals surface area contributed by atoms with Crippen LogP contribution in [-0.2, 0) is 9.53 Å². The van der Waals surface area contributed by atoms with E-state index in [0.717, 1.165) is 31.7 Å². The number of ether oxygens (including phenoxy) is 1. The Morgan fingerprint density at radius 1 is 1.19 bits per heavy atom. The van der Waals surface area contributed by atoms with Crippen molar-refractivity contribution in [3.05, 3.63) is 45.3 Å². The van der Waals surface area contributed by atoms with Gasteiger partial charge in [0.25, 0.3) is 5.91 Å². The molecule has 2 N–H and O–H groups in total. The summed E-state index contributed by atoms with van der Waals surface area (Å²) in [5, 5.41) is 5.35. The average Bonchev–Trinajstić information content (AvgIpc) is 3.12. The maximum Gasteiger partial charge on any atom is 0.374 e. The van der Waals surface area contributed by atoms with Crippen molar-refractivity contribution in [3.8, 4) is 0 Å². The molecule has 0 atom stereocenters. The molecule has 2 aromatic rings. The summed E-state index contributed by atoms with van der Waals surface area (Å²) >= 11 is 5.82. The molecule has 0 radical (unpaired) electrons. The number of carbonyl (C=O) groups excluding carboxylic acids is 3. The highest BCUT2D eigenvalue weighted by molar-refractivity contribution is 6.31. The fourth-order valence-electron chi connectivity index (χ4n) is 2.89. The Morgan fingerprint density at radius 3 is 2.67 bits per heavy atom. The van der Waals surface area contributed by atoms with Crippen LogP contribution in [0.1, 0.15) is 36.2 Å². The number of amides is 3. The number of benzene rings is 1. The number of fused-ring (bicyclic) bond motifs is 1. The minimum absolute atomic E-state index is 0.0562. The molecule has 1 aromatic heterocycles. The first-order valence-electron chi connectivity index (χ1n) is 8.43. The Balaban J connectivity index is 1.56. The molecule has 3 rings (SSSR count). The van der Waals surface area contributed by atoms with Gasteiger partial charge in [-0.15, -0.1) is 0 Å². The Morgan fingerprint density at radius 2 is 1.93 bits per heavy atom. The predicted molar refractivity (Wildman–Crippen MR) is 96.7 cm³/mol. The molecular formula is C18H17ClN2O6. The van der Waals surface area contributed by atoms with Gasteiger partial charge in [-0.25, -0.2) is 9.59 Å². The van der Waals surface area contributed by atoms with Crippen LogP contribution in [0.2, 0.25) is 5.02 Å². The maximum atomic E-state index is 12.0. The summed E-state index contributed by atoms with van der Waals surface area (Å²) in [6, 6.07) is 4.78. The van der Waals surface area contributed by atoms with E-state index in [1.165, 1.54) is 18.2 Å². The van der Waals surface area contributed by atoms with Gasteiger partial charge < -0.3 is 14.5 Å². The van der Waals surface area contributed by atoms with Crippen LogP contribution in [-0.4, -0.2) is 30.6 Å². The monoisotopic (exact) mass is 392 g/mol. The summed E-state index contributed by atoms with van der Waals surface area (Å²) in [4.78, 5) is 47.5. The van der Waals surface area contributed by atoms with Gasteiger partial charge in [0.15, 0.2) is 12.0 Å². The SMILES string of the molecule is O=C(COC(=O)c1cc(=O)c2cc(Cl)ccc2o1)NC(=O)NC1CCCC1. The van der Waals surface area contributed by atoms with Crippen LogP contribution in [0.3, 0.4) is 0 Å². The van der Waals surface area contributed by atoms with E-state index in [0.29, 0.717) is 5.02 Å². The number of imide groups is 1. The number of carbonyl (C=O) groups is 3. The Labute approximate surface area is 158 Å². The maximum absolute atomic E-state index is 12.0. The second kappa shape index (κ2) is 8.22. The molecule has 27 heavy (non-hydrogen) atoms. The third-order valence-corrected chi connectivity index (χ3v) is 4.40.